The first kappa shape index (κ1) is 15.8. The Morgan fingerprint density at radius 3 is 3.08 bits per heavy atom. The van der Waals surface area contributed by atoms with Gasteiger partial charge in [0.25, 0.3) is 11.8 Å². The Morgan fingerprint density at radius 1 is 1.40 bits per heavy atom. The molecule has 0 bridgehead atoms. The lowest BCUT2D eigenvalue weighted by molar-refractivity contribution is 0.0931. The number of rotatable bonds is 3. The Labute approximate surface area is 147 Å². The molecule has 0 saturated carbocycles. The van der Waals surface area contributed by atoms with Crippen LogP contribution in [0.25, 0.3) is 10.1 Å². The van der Waals surface area contributed by atoms with E-state index in [2.05, 4.69) is 15.7 Å². The van der Waals surface area contributed by atoms with Gasteiger partial charge in [0.05, 0.1) is 19.2 Å². The Balaban J connectivity index is 1.49. The number of benzene rings is 1. The summed E-state index contributed by atoms with van der Waals surface area (Å²) in [5, 5.41) is 20.5. The third kappa shape index (κ3) is 3.13. The van der Waals surface area contributed by atoms with Gasteiger partial charge in [-0.1, -0.05) is 18.2 Å². The summed E-state index contributed by atoms with van der Waals surface area (Å²) in [5.74, 6) is -0.687. The highest BCUT2D eigenvalue weighted by Gasteiger charge is 2.24. The lowest BCUT2D eigenvalue weighted by Gasteiger charge is -2.06. The zero-order valence-electron chi connectivity index (χ0n) is 13.2. The molecule has 0 fully saturated rings. The third-order valence-corrected chi connectivity index (χ3v) is 5.14. The van der Waals surface area contributed by atoms with Crippen molar-refractivity contribution >= 4 is 33.2 Å². The standard InChI is InChI=1S/C17H16N4O3S/c22-11-7-18-17(24)14-6-13(20-21(14)9-11)16(23)19-8-12-5-10-3-1-2-4-15(10)25-12/h1-6,11,22H,7-9H2,(H,18,24)(H,19,23)/t11-/m1/s1. The van der Waals surface area contributed by atoms with Crippen LogP contribution in [0, 0.1) is 0 Å². The summed E-state index contributed by atoms with van der Waals surface area (Å²) < 4.78 is 2.55. The van der Waals surface area contributed by atoms with E-state index in [9.17, 15) is 14.7 Å². The summed E-state index contributed by atoms with van der Waals surface area (Å²) in [7, 11) is 0. The van der Waals surface area contributed by atoms with Crippen molar-refractivity contribution in [3.8, 4) is 0 Å². The van der Waals surface area contributed by atoms with Gasteiger partial charge < -0.3 is 15.7 Å². The van der Waals surface area contributed by atoms with Gasteiger partial charge in [0.1, 0.15) is 5.69 Å². The number of carbonyl (C=O) groups is 2. The predicted molar refractivity (Wildman–Crippen MR) is 93.6 cm³/mol. The molecule has 128 valence electrons. The van der Waals surface area contributed by atoms with E-state index in [0.717, 1.165) is 10.3 Å². The molecule has 4 rings (SSSR count). The van der Waals surface area contributed by atoms with Gasteiger partial charge in [-0.25, -0.2) is 0 Å². The lowest BCUT2D eigenvalue weighted by Crippen LogP contribution is -2.30. The van der Waals surface area contributed by atoms with Crippen LogP contribution in [0.15, 0.2) is 36.4 Å². The highest BCUT2D eigenvalue weighted by atomic mass is 32.1. The van der Waals surface area contributed by atoms with E-state index in [4.69, 9.17) is 0 Å². The Hall–Kier alpha value is -2.71. The molecule has 0 saturated heterocycles. The average Bonchev–Trinajstić information content (AvgIpc) is 3.18. The number of aliphatic hydroxyl groups excluding tert-OH is 1. The van der Waals surface area contributed by atoms with E-state index < -0.39 is 6.10 Å². The van der Waals surface area contributed by atoms with Gasteiger partial charge in [-0.15, -0.1) is 11.3 Å². The van der Waals surface area contributed by atoms with Crippen molar-refractivity contribution in [3.05, 3.63) is 52.7 Å². The fourth-order valence-electron chi connectivity index (χ4n) is 2.80. The molecule has 8 heteroatoms. The topological polar surface area (TPSA) is 96.2 Å². The zero-order valence-corrected chi connectivity index (χ0v) is 14.0. The summed E-state index contributed by atoms with van der Waals surface area (Å²) in [6.07, 6.45) is -0.723. The molecule has 1 aromatic carbocycles. The second kappa shape index (κ2) is 6.30. The Kier molecular flexibility index (Phi) is 3.98. The fraction of sp³-hybridized carbons (Fsp3) is 0.235. The first-order valence-corrected chi connectivity index (χ1v) is 8.71. The minimum Gasteiger partial charge on any atom is -0.389 e. The van der Waals surface area contributed by atoms with Crippen LogP contribution in [0.2, 0.25) is 0 Å². The van der Waals surface area contributed by atoms with Crippen molar-refractivity contribution in [2.45, 2.75) is 19.2 Å². The maximum atomic E-state index is 12.3. The van der Waals surface area contributed by atoms with Crippen molar-refractivity contribution in [3.63, 3.8) is 0 Å². The smallest absolute Gasteiger partial charge is 0.272 e. The Morgan fingerprint density at radius 2 is 2.24 bits per heavy atom. The number of nitrogens with zero attached hydrogens (tertiary/aromatic N) is 2. The highest BCUT2D eigenvalue weighted by Crippen LogP contribution is 2.25. The van der Waals surface area contributed by atoms with Crippen LogP contribution in [-0.2, 0) is 13.1 Å². The molecule has 0 radical (unpaired) electrons. The maximum Gasteiger partial charge on any atom is 0.272 e. The molecular weight excluding hydrogens is 340 g/mol. The van der Waals surface area contributed by atoms with E-state index in [1.54, 1.807) is 11.3 Å². The van der Waals surface area contributed by atoms with Gasteiger partial charge in [-0.3, -0.25) is 14.3 Å². The van der Waals surface area contributed by atoms with Crippen molar-refractivity contribution in [1.82, 2.24) is 20.4 Å². The van der Waals surface area contributed by atoms with Crippen LogP contribution >= 0.6 is 11.3 Å². The molecule has 0 unspecified atom stereocenters. The number of hydrogen-bond donors (Lipinski definition) is 3. The number of thiophene rings is 1. The van der Waals surface area contributed by atoms with Gasteiger partial charge in [0, 0.05) is 22.2 Å². The highest BCUT2D eigenvalue weighted by molar-refractivity contribution is 7.19. The molecular formula is C17H16N4O3S. The van der Waals surface area contributed by atoms with Gasteiger partial charge in [-0.2, -0.15) is 5.10 Å². The molecule has 1 aliphatic rings. The normalized spacial score (nSPS) is 17.0. The average molecular weight is 356 g/mol. The summed E-state index contributed by atoms with van der Waals surface area (Å²) in [4.78, 5) is 25.3. The van der Waals surface area contributed by atoms with Crippen LogP contribution in [0.1, 0.15) is 25.9 Å². The number of β-amino-alcohol motifs (C(OH)–C–C–N with tert-alkyl or cyclic N) is 1. The van der Waals surface area contributed by atoms with Crippen molar-refractivity contribution in [1.29, 1.82) is 0 Å². The summed E-state index contributed by atoms with van der Waals surface area (Å²) in [6, 6.07) is 11.5. The van der Waals surface area contributed by atoms with Gasteiger partial charge in [-0.05, 0) is 17.5 Å². The van der Waals surface area contributed by atoms with E-state index in [0.29, 0.717) is 6.54 Å². The second-order valence-electron chi connectivity index (χ2n) is 5.89. The second-order valence-corrected chi connectivity index (χ2v) is 7.06. The number of amides is 2. The van der Waals surface area contributed by atoms with Crippen LogP contribution in [0.3, 0.4) is 0 Å². The maximum absolute atomic E-state index is 12.3. The summed E-state index contributed by atoms with van der Waals surface area (Å²) in [6.45, 7) is 0.753. The van der Waals surface area contributed by atoms with E-state index in [1.165, 1.54) is 15.4 Å². The molecule has 7 nitrogen and oxygen atoms in total. The van der Waals surface area contributed by atoms with Crippen LogP contribution in [-0.4, -0.2) is 39.4 Å². The summed E-state index contributed by atoms with van der Waals surface area (Å²) >= 11 is 1.63. The number of carbonyl (C=O) groups excluding carboxylic acids is 2. The molecule has 0 spiro atoms. The number of aliphatic hydroxyl groups is 1. The van der Waals surface area contributed by atoms with Crippen molar-refractivity contribution in [2.75, 3.05) is 6.54 Å². The molecule has 3 N–H and O–H groups in total. The molecule has 25 heavy (non-hydrogen) atoms. The quantitative estimate of drug-likeness (QED) is 0.655. The first-order chi connectivity index (χ1) is 12.1. The number of fused-ring (bicyclic) bond motifs is 2. The monoisotopic (exact) mass is 356 g/mol. The first-order valence-electron chi connectivity index (χ1n) is 7.90. The number of aromatic nitrogens is 2. The van der Waals surface area contributed by atoms with E-state index in [1.807, 2.05) is 30.3 Å². The van der Waals surface area contributed by atoms with E-state index in [-0.39, 0.29) is 36.3 Å². The minimum atomic E-state index is -0.723. The van der Waals surface area contributed by atoms with Gasteiger partial charge in [0.15, 0.2) is 5.69 Å². The summed E-state index contributed by atoms with van der Waals surface area (Å²) in [5.41, 5.74) is 0.448. The lowest BCUT2D eigenvalue weighted by atomic mass is 10.2. The van der Waals surface area contributed by atoms with Crippen LogP contribution in [0.5, 0.6) is 0 Å². The minimum absolute atomic E-state index is 0.167. The van der Waals surface area contributed by atoms with Crippen molar-refractivity contribution < 1.29 is 14.7 Å². The SMILES string of the molecule is O=C(NCc1cc2ccccc2s1)c1cc2n(n1)C[C@H](O)CNC2=O. The molecule has 2 aromatic heterocycles. The van der Waals surface area contributed by atoms with E-state index >= 15 is 0 Å². The molecule has 3 aromatic rings. The number of hydrogen-bond acceptors (Lipinski definition) is 5. The van der Waals surface area contributed by atoms with Gasteiger partial charge in [0.2, 0.25) is 0 Å². The predicted octanol–water partition coefficient (Wildman–Crippen LogP) is 1.13. The van der Waals surface area contributed by atoms with Crippen LogP contribution < -0.4 is 10.6 Å². The Bertz CT molecular complexity index is 929. The zero-order chi connectivity index (χ0) is 17.4. The number of nitrogens with one attached hydrogen (secondary N) is 2. The molecule has 2 amide bonds. The largest absolute Gasteiger partial charge is 0.389 e. The molecule has 1 aliphatic heterocycles. The molecule has 3 heterocycles. The fourth-order valence-corrected chi connectivity index (χ4v) is 3.80. The van der Waals surface area contributed by atoms with Gasteiger partial charge >= 0.3 is 0 Å². The van der Waals surface area contributed by atoms with Crippen molar-refractivity contribution in [2.24, 2.45) is 0 Å². The molecule has 0 aliphatic carbocycles. The molecule has 1 atom stereocenters. The van der Waals surface area contributed by atoms with Crippen LogP contribution in [0.4, 0.5) is 0 Å². The third-order valence-electron chi connectivity index (χ3n) is 4.03.